The number of carbonyl (C=O) groups is 1. The molecule has 1 atom stereocenters. The van der Waals surface area contributed by atoms with Crippen molar-refractivity contribution in [1.82, 2.24) is 0 Å². The molecule has 2 aromatic rings. The van der Waals surface area contributed by atoms with Gasteiger partial charge in [-0.05, 0) is 46.3 Å². The Labute approximate surface area is 135 Å². The number of anilines is 2. The molecule has 0 radical (unpaired) electrons. The Morgan fingerprint density at radius 3 is 2.95 bits per heavy atom. The van der Waals surface area contributed by atoms with Gasteiger partial charge in [0.15, 0.2) is 6.10 Å². The fraction of sp³-hybridized carbons (Fsp3) is 0.133. The first-order valence-electron chi connectivity index (χ1n) is 6.39. The Hall–Kier alpha value is -1.72. The summed E-state index contributed by atoms with van der Waals surface area (Å²) in [5, 5.41) is 6.52. The van der Waals surface area contributed by atoms with Crippen LogP contribution in [0, 0.1) is 0 Å². The average Bonchev–Trinajstić information content (AvgIpc) is 2.50. The lowest BCUT2D eigenvalue weighted by Gasteiger charge is -2.26. The molecule has 0 aliphatic carbocycles. The molecule has 21 heavy (non-hydrogen) atoms. The normalized spacial score (nSPS) is 16.4. The van der Waals surface area contributed by atoms with Gasteiger partial charge in [-0.1, -0.05) is 23.7 Å². The van der Waals surface area contributed by atoms with Crippen LogP contribution in [0.2, 0.25) is 5.02 Å². The molecule has 6 heteroatoms. The highest BCUT2D eigenvalue weighted by Gasteiger charge is 2.25. The smallest absolute Gasteiger partial charge is 0.267 e. The van der Waals surface area contributed by atoms with Gasteiger partial charge in [-0.2, -0.15) is 0 Å². The number of halogens is 2. The number of benzene rings is 2. The zero-order valence-corrected chi connectivity index (χ0v) is 13.2. The number of ether oxygens (including phenoxy) is 1. The summed E-state index contributed by atoms with van der Waals surface area (Å²) >= 11 is 9.32. The standard InChI is InChI=1S/C15H12BrClN2O2/c16-10-6-5-9(7-11(10)17)19-15(20)14-8-18-12-3-1-2-4-13(12)21-14/h1-7,14,18H,8H2,(H,19,20). The van der Waals surface area contributed by atoms with Crippen LogP contribution in [0.25, 0.3) is 0 Å². The SMILES string of the molecule is O=C(Nc1ccc(Br)c(Cl)c1)C1CNc2ccccc2O1. The van der Waals surface area contributed by atoms with Gasteiger partial charge in [0.1, 0.15) is 5.75 Å². The van der Waals surface area contributed by atoms with Crippen molar-refractivity contribution in [3.63, 3.8) is 0 Å². The summed E-state index contributed by atoms with van der Waals surface area (Å²) in [6.07, 6.45) is -0.581. The number of hydrogen-bond acceptors (Lipinski definition) is 3. The van der Waals surface area contributed by atoms with Crippen LogP contribution in [0.3, 0.4) is 0 Å². The van der Waals surface area contributed by atoms with E-state index in [1.54, 1.807) is 18.2 Å². The molecule has 2 N–H and O–H groups in total. The van der Waals surface area contributed by atoms with E-state index in [1.807, 2.05) is 24.3 Å². The van der Waals surface area contributed by atoms with E-state index in [2.05, 4.69) is 26.6 Å². The lowest BCUT2D eigenvalue weighted by Crippen LogP contribution is -2.41. The second kappa shape index (κ2) is 5.95. The number of carbonyl (C=O) groups excluding carboxylic acids is 1. The molecule has 0 spiro atoms. The Morgan fingerprint density at radius 2 is 2.14 bits per heavy atom. The van der Waals surface area contributed by atoms with E-state index in [0.717, 1.165) is 10.2 Å². The molecule has 0 aromatic heterocycles. The molecule has 0 saturated carbocycles. The fourth-order valence-corrected chi connectivity index (χ4v) is 2.48. The van der Waals surface area contributed by atoms with Crippen LogP contribution >= 0.6 is 27.5 Å². The maximum absolute atomic E-state index is 12.2. The van der Waals surface area contributed by atoms with Crippen molar-refractivity contribution in [2.45, 2.75) is 6.10 Å². The minimum Gasteiger partial charge on any atom is -0.477 e. The van der Waals surface area contributed by atoms with E-state index in [-0.39, 0.29) is 5.91 Å². The summed E-state index contributed by atoms with van der Waals surface area (Å²) in [7, 11) is 0. The van der Waals surface area contributed by atoms with Crippen molar-refractivity contribution in [2.75, 3.05) is 17.2 Å². The Bertz CT molecular complexity index is 693. The molecule has 4 nitrogen and oxygen atoms in total. The summed E-state index contributed by atoms with van der Waals surface area (Å²) in [5.41, 5.74) is 1.53. The van der Waals surface area contributed by atoms with E-state index in [4.69, 9.17) is 16.3 Å². The number of nitrogens with one attached hydrogen (secondary N) is 2. The lowest BCUT2D eigenvalue weighted by molar-refractivity contribution is -0.122. The Morgan fingerprint density at radius 1 is 1.33 bits per heavy atom. The van der Waals surface area contributed by atoms with Gasteiger partial charge >= 0.3 is 0 Å². The first-order chi connectivity index (χ1) is 10.1. The van der Waals surface area contributed by atoms with E-state index in [9.17, 15) is 4.79 Å². The van der Waals surface area contributed by atoms with Crippen LogP contribution < -0.4 is 15.4 Å². The van der Waals surface area contributed by atoms with Crippen LogP contribution in [-0.2, 0) is 4.79 Å². The lowest BCUT2D eigenvalue weighted by atomic mass is 10.2. The fourth-order valence-electron chi connectivity index (χ4n) is 2.06. The maximum atomic E-state index is 12.2. The van der Waals surface area contributed by atoms with Crippen molar-refractivity contribution in [3.05, 3.63) is 52.0 Å². The summed E-state index contributed by atoms with van der Waals surface area (Å²) in [6, 6.07) is 12.8. The minimum atomic E-state index is -0.581. The third-order valence-electron chi connectivity index (χ3n) is 3.11. The number of amides is 1. The van der Waals surface area contributed by atoms with Gasteiger partial charge in [0.05, 0.1) is 17.3 Å². The molecule has 1 aliphatic heterocycles. The Balaban J connectivity index is 1.70. The minimum absolute atomic E-state index is 0.213. The van der Waals surface area contributed by atoms with Crippen molar-refractivity contribution in [1.29, 1.82) is 0 Å². The van der Waals surface area contributed by atoms with Gasteiger partial charge in [-0.3, -0.25) is 4.79 Å². The molecule has 1 aliphatic rings. The molecule has 108 valence electrons. The highest BCUT2D eigenvalue weighted by molar-refractivity contribution is 9.10. The van der Waals surface area contributed by atoms with E-state index in [1.165, 1.54) is 0 Å². The summed E-state index contributed by atoms with van der Waals surface area (Å²) in [5.74, 6) is 0.466. The van der Waals surface area contributed by atoms with Crippen LogP contribution in [-0.4, -0.2) is 18.6 Å². The monoisotopic (exact) mass is 366 g/mol. The van der Waals surface area contributed by atoms with E-state index < -0.39 is 6.10 Å². The molecule has 1 unspecified atom stereocenters. The van der Waals surface area contributed by atoms with Crippen molar-refractivity contribution in [2.24, 2.45) is 0 Å². The molecule has 2 aromatic carbocycles. The molecule has 0 fully saturated rings. The topological polar surface area (TPSA) is 50.4 Å². The molecule has 1 amide bonds. The highest BCUT2D eigenvalue weighted by atomic mass is 79.9. The zero-order valence-electron chi connectivity index (χ0n) is 10.9. The van der Waals surface area contributed by atoms with Crippen LogP contribution in [0.15, 0.2) is 46.9 Å². The quantitative estimate of drug-likeness (QED) is 0.846. The zero-order chi connectivity index (χ0) is 14.8. The molecule has 3 rings (SSSR count). The largest absolute Gasteiger partial charge is 0.477 e. The predicted molar refractivity (Wildman–Crippen MR) is 87.1 cm³/mol. The van der Waals surface area contributed by atoms with E-state index >= 15 is 0 Å². The number of hydrogen-bond donors (Lipinski definition) is 2. The number of fused-ring (bicyclic) bond motifs is 1. The van der Waals surface area contributed by atoms with Crippen molar-refractivity contribution >= 4 is 44.8 Å². The van der Waals surface area contributed by atoms with Gasteiger partial charge < -0.3 is 15.4 Å². The highest BCUT2D eigenvalue weighted by Crippen LogP contribution is 2.29. The van der Waals surface area contributed by atoms with Gasteiger partial charge in [-0.15, -0.1) is 0 Å². The predicted octanol–water partition coefficient (Wildman–Crippen LogP) is 3.91. The van der Waals surface area contributed by atoms with Gasteiger partial charge in [0.2, 0.25) is 0 Å². The van der Waals surface area contributed by atoms with Crippen LogP contribution in [0.5, 0.6) is 5.75 Å². The van der Waals surface area contributed by atoms with Gasteiger partial charge in [0, 0.05) is 10.2 Å². The molecular weight excluding hydrogens is 356 g/mol. The average molecular weight is 368 g/mol. The molecule has 0 bridgehead atoms. The summed E-state index contributed by atoms with van der Waals surface area (Å²) < 4.78 is 6.49. The van der Waals surface area contributed by atoms with Crippen molar-refractivity contribution < 1.29 is 9.53 Å². The van der Waals surface area contributed by atoms with Crippen molar-refractivity contribution in [3.8, 4) is 5.75 Å². The molecule has 0 saturated heterocycles. The third kappa shape index (κ3) is 3.14. The van der Waals surface area contributed by atoms with Gasteiger partial charge in [-0.25, -0.2) is 0 Å². The first kappa shape index (κ1) is 14.2. The summed E-state index contributed by atoms with van der Waals surface area (Å²) in [4.78, 5) is 12.2. The third-order valence-corrected chi connectivity index (χ3v) is 4.35. The first-order valence-corrected chi connectivity index (χ1v) is 7.56. The van der Waals surface area contributed by atoms with E-state index in [0.29, 0.717) is 23.0 Å². The maximum Gasteiger partial charge on any atom is 0.267 e. The molecule has 1 heterocycles. The molecular formula is C15H12BrClN2O2. The number of rotatable bonds is 2. The summed E-state index contributed by atoms with van der Waals surface area (Å²) in [6.45, 7) is 0.424. The van der Waals surface area contributed by atoms with Gasteiger partial charge in [0.25, 0.3) is 5.91 Å². The van der Waals surface area contributed by atoms with Crippen LogP contribution in [0.1, 0.15) is 0 Å². The Kier molecular flexibility index (Phi) is 4.03. The number of para-hydroxylation sites is 2. The second-order valence-electron chi connectivity index (χ2n) is 4.60. The second-order valence-corrected chi connectivity index (χ2v) is 5.86. The van der Waals surface area contributed by atoms with Crippen LogP contribution in [0.4, 0.5) is 11.4 Å².